The average molecular weight is 391 g/mol. The van der Waals surface area contributed by atoms with Gasteiger partial charge in [-0.25, -0.2) is 0 Å². The van der Waals surface area contributed by atoms with E-state index >= 15 is 0 Å². The van der Waals surface area contributed by atoms with E-state index in [2.05, 4.69) is 5.32 Å². The molecular formula is C20H25NO5S. The first-order chi connectivity index (χ1) is 13.0. The summed E-state index contributed by atoms with van der Waals surface area (Å²) in [6.45, 7) is 2.20. The van der Waals surface area contributed by atoms with Gasteiger partial charge < -0.3 is 24.3 Å². The molecule has 6 nitrogen and oxygen atoms in total. The molecule has 27 heavy (non-hydrogen) atoms. The molecular weight excluding hydrogens is 366 g/mol. The van der Waals surface area contributed by atoms with Crippen LogP contribution in [0.3, 0.4) is 0 Å². The van der Waals surface area contributed by atoms with E-state index in [1.165, 1.54) is 11.8 Å². The van der Waals surface area contributed by atoms with Gasteiger partial charge in [-0.05, 0) is 43.3 Å². The second-order valence-corrected chi connectivity index (χ2v) is 7.06. The molecule has 0 heterocycles. The van der Waals surface area contributed by atoms with Gasteiger partial charge >= 0.3 is 0 Å². The van der Waals surface area contributed by atoms with Crippen LogP contribution in [0.1, 0.15) is 12.5 Å². The molecule has 0 spiro atoms. The molecule has 0 fully saturated rings. The lowest BCUT2D eigenvalue weighted by Crippen LogP contribution is -2.30. The minimum Gasteiger partial charge on any atom is -0.497 e. The molecule has 2 aromatic carbocycles. The van der Waals surface area contributed by atoms with Crippen LogP contribution in [-0.4, -0.2) is 39.6 Å². The van der Waals surface area contributed by atoms with Crippen LogP contribution in [0.25, 0.3) is 0 Å². The number of nitrogens with one attached hydrogen (secondary N) is 1. The molecule has 1 amide bonds. The van der Waals surface area contributed by atoms with Gasteiger partial charge in [0.25, 0.3) is 0 Å². The van der Waals surface area contributed by atoms with Crippen molar-refractivity contribution in [1.82, 2.24) is 5.32 Å². The Balaban J connectivity index is 2.01. The highest BCUT2D eigenvalue weighted by Crippen LogP contribution is 2.39. The maximum atomic E-state index is 12.5. The summed E-state index contributed by atoms with van der Waals surface area (Å²) in [6, 6.07) is 11.3. The zero-order valence-corrected chi connectivity index (χ0v) is 17.0. The topological polar surface area (TPSA) is 66.0 Å². The largest absolute Gasteiger partial charge is 0.497 e. The fraction of sp³-hybridized carbons (Fsp3) is 0.350. The first kappa shape index (κ1) is 20.8. The summed E-state index contributed by atoms with van der Waals surface area (Å²) in [5, 5.41) is 2.70. The van der Waals surface area contributed by atoms with Gasteiger partial charge in [-0.1, -0.05) is 0 Å². The number of rotatable bonds is 9. The van der Waals surface area contributed by atoms with Crippen molar-refractivity contribution in [2.45, 2.75) is 23.6 Å². The third-order valence-corrected chi connectivity index (χ3v) is 5.09. The lowest BCUT2D eigenvalue weighted by atomic mass is 10.1. The molecule has 2 aromatic rings. The SMILES string of the molecule is COc1ccc(S[C@@H](C)C(=O)NCc2ccc(OC)c(OC)c2OC)cc1. The highest BCUT2D eigenvalue weighted by atomic mass is 32.2. The summed E-state index contributed by atoms with van der Waals surface area (Å²) in [7, 11) is 6.30. The number of ether oxygens (including phenoxy) is 4. The van der Waals surface area contributed by atoms with Crippen molar-refractivity contribution >= 4 is 17.7 Å². The summed E-state index contributed by atoms with van der Waals surface area (Å²) in [4.78, 5) is 13.5. The second-order valence-electron chi connectivity index (χ2n) is 5.65. The van der Waals surface area contributed by atoms with Crippen LogP contribution >= 0.6 is 11.8 Å². The predicted octanol–water partition coefficient (Wildman–Crippen LogP) is 3.52. The van der Waals surface area contributed by atoms with Gasteiger partial charge in [-0.3, -0.25) is 4.79 Å². The molecule has 0 radical (unpaired) electrons. The monoisotopic (exact) mass is 391 g/mol. The number of methoxy groups -OCH3 is 4. The van der Waals surface area contributed by atoms with Crippen molar-refractivity contribution in [3.63, 3.8) is 0 Å². The fourth-order valence-corrected chi connectivity index (χ4v) is 3.43. The molecule has 0 saturated carbocycles. The Hall–Kier alpha value is -2.54. The van der Waals surface area contributed by atoms with Gasteiger partial charge in [0.1, 0.15) is 5.75 Å². The summed E-state index contributed by atoms with van der Waals surface area (Å²) in [5.74, 6) is 2.36. The van der Waals surface area contributed by atoms with Crippen molar-refractivity contribution in [3.05, 3.63) is 42.0 Å². The predicted molar refractivity (Wildman–Crippen MR) is 106 cm³/mol. The molecule has 0 aliphatic carbocycles. The maximum absolute atomic E-state index is 12.5. The summed E-state index contributed by atoms with van der Waals surface area (Å²) < 4.78 is 21.2. The van der Waals surface area contributed by atoms with Crippen LogP contribution in [0.2, 0.25) is 0 Å². The molecule has 0 unspecified atom stereocenters. The molecule has 2 rings (SSSR count). The minimum absolute atomic E-state index is 0.0624. The van der Waals surface area contributed by atoms with Crippen LogP contribution < -0.4 is 24.3 Å². The van der Waals surface area contributed by atoms with Gasteiger partial charge in [0.15, 0.2) is 11.5 Å². The number of amides is 1. The smallest absolute Gasteiger partial charge is 0.233 e. The first-order valence-corrected chi connectivity index (χ1v) is 9.28. The number of thioether (sulfide) groups is 1. The average Bonchev–Trinajstić information content (AvgIpc) is 2.71. The molecule has 0 aliphatic heterocycles. The molecule has 0 aromatic heterocycles. The van der Waals surface area contributed by atoms with E-state index in [-0.39, 0.29) is 11.2 Å². The van der Waals surface area contributed by atoms with E-state index in [4.69, 9.17) is 18.9 Å². The number of carbonyl (C=O) groups excluding carboxylic acids is 1. The van der Waals surface area contributed by atoms with Crippen molar-refractivity contribution in [2.75, 3.05) is 28.4 Å². The van der Waals surface area contributed by atoms with Crippen molar-refractivity contribution < 1.29 is 23.7 Å². The summed E-state index contributed by atoms with van der Waals surface area (Å²) in [6.07, 6.45) is 0. The Bertz CT molecular complexity index is 764. The van der Waals surface area contributed by atoms with Gasteiger partial charge in [0, 0.05) is 17.0 Å². The van der Waals surface area contributed by atoms with E-state index < -0.39 is 0 Å². The molecule has 0 aliphatic rings. The van der Waals surface area contributed by atoms with Crippen LogP contribution in [0.15, 0.2) is 41.3 Å². The molecule has 0 bridgehead atoms. The van der Waals surface area contributed by atoms with Crippen molar-refractivity contribution in [1.29, 1.82) is 0 Å². The third kappa shape index (κ3) is 5.23. The number of hydrogen-bond donors (Lipinski definition) is 1. The second kappa shape index (κ2) is 9.97. The normalized spacial score (nSPS) is 11.4. The van der Waals surface area contributed by atoms with Gasteiger partial charge in [0.05, 0.1) is 33.7 Å². The van der Waals surface area contributed by atoms with Crippen LogP contribution in [0.4, 0.5) is 0 Å². The highest BCUT2D eigenvalue weighted by molar-refractivity contribution is 8.00. The van der Waals surface area contributed by atoms with Crippen LogP contribution in [-0.2, 0) is 11.3 Å². The Morgan fingerprint density at radius 2 is 1.59 bits per heavy atom. The zero-order chi connectivity index (χ0) is 19.8. The van der Waals surface area contributed by atoms with Gasteiger partial charge in [-0.2, -0.15) is 0 Å². The van der Waals surface area contributed by atoms with Crippen LogP contribution in [0.5, 0.6) is 23.0 Å². The molecule has 1 atom stereocenters. The lowest BCUT2D eigenvalue weighted by molar-refractivity contribution is -0.120. The van der Waals surface area contributed by atoms with Crippen molar-refractivity contribution in [2.24, 2.45) is 0 Å². The van der Waals surface area contributed by atoms with Crippen LogP contribution in [0, 0.1) is 0 Å². The number of benzene rings is 2. The van der Waals surface area contributed by atoms with E-state index in [1.807, 2.05) is 37.3 Å². The van der Waals surface area contributed by atoms with Crippen molar-refractivity contribution in [3.8, 4) is 23.0 Å². The van der Waals surface area contributed by atoms with E-state index in [0.717, 1.165) is 16.2 Å². The lowest BCUT2D eigenvalue weighted by Gasteiger charge is -2.17. The maximum Gasteiger partial charge on any atom is 0.233 e. The van der Waals surface area contributed by atoms with Gasteiger partial charge in [0.2, 0.25) is 11.7 Å². The first-order valence-electron chi connectivity index (χ1n) is 8.40. The Morgan fingerprint density at radius 1 is 0.926 bits per heavy atom. The highest BCUT2D eigenvalue weighted by Gasteiger charge is 2.18. The zero-order valence-electron chi connectivity index (χ0n) is 16.2. The van der Waals surface area contributed by atoms with E-state index in [0.29, 0.717) is 23.8 Å². The minimum atomic E-state index is -0.246. The Kier molecular flexibility index (Phi) is 7.67. The summed E-state index contributed by atoms with van der Waals surface area (Å²) >= 11 is 1.49. The molecule has 1 N–H and O–H groups in total. The Morgan fingerprint density at radius 3 is 2.15 bits per heavy atom. The molecule has 0 saturated heterocycles. The number of hydrogen-bond acceptors (Lipinski definition) is 6. The Labute approximate surface area is 164 Å². The third-order valence-electron chi connectivity index (χ3n) is 3.98. The fourth-order valence-electron chi connectivity index (χ4n) is 2.54. The molecule has 7 heteroatoms. The number of carbonyl (C=O) groups is 1. The standard InChI is InChI=1S/C20H25NO5S/c1-13(27-16-9-7-15(23-2)8-10-16)20(22)21-12-14-6-11-17(24-3)19(26-5)18(14)25-4/h6-11,13H,12H2,1-5H3,(H,21,22)/t13-/m0/s1. The summed E-state index contributed by atoms with van der Waals surface area (Å²) in [5.41, 5.74) is 0.810. The van der Waals surface area contributed by atoms with E-state index in [1.54, 1.807) is 34.5 Å². The quantitative estimate of drug-likeness (QED) is 0.660. The van der Waals surface area contributed by atoms with E-state index in [9.17, 15) is 4.79 Å². The molecule has 146 valence electrons. The van der Waals surface area contributed by atoms with Gasteiger partial charge in [-0.15, -0.1) is 11.8 Å².